The van der Waals surface area contributed by atoms with E-state index >= 15 is 0 Å². The van der Waals surface area contributed by atoms with E-state index in [1.54, 1.807) is 6.07 Å². The van der Waals surface area contributed by atoms with Crippen LogP contribution < -0.4 is 5.32 Å². The molecule has 1 aromatic carbocycles. The molecule has 22 heavy (non-hydrogen) atoms. The van der Waals surface area contributed by atoms with E-state index < -0.39 is 5.97 Å². The van der Waals surface area contributed by atoms with Crippen molar-refractivity contribution in [3.63, 3.8) is 0 Å². The summed E-state index contributed by atoms with van der Waals surface area (Å²) in [6, 6.07) is 5.48. The van der Waals surface area contributed by atoms with Gasteiger partial charge in [0.25, 0.3) is 5.91 Å². The van der Waals surface area contributed by atoms with Crippen molar-refractivity contribution >= 4 is 66.7 Å². The number of aryl methyl sites for hydroxylation is 1. The summed E-state index contributed by atoms with van der Waals surface area (Å²) in [5.74, 6) is -0.696. The van der Waals surface area contributed by atoms with E-state index in [9.17, 15) is 9.59 Å². The van der Waals surface area contributed by atoms with Crippen LogP contribution in [0.2, 0.25) is 0 Å². The molecule has 0 fully saturated rings. The van der Waals surface area contributed by atoms with Gasteiger partial charge in [-0.05, 0) is 60.2 Å². The molecule has 0 radical (unpaired) electrons. The van der Waals surface area contributed by atoms with Crippen molar-refractivity contribution in [2.24, 2.45) is 0 Å². The highest BCUT2D eigenvalue weighted by molar-refractivity contribution is 14.1. The maximum absolute atomic E-state index is 12.5. The smallest absolute Gasteiger partial charge is 0.341 e. The lowest BCUT2D eigenvalue weighted by molar-refractivity contribution is 0.0601. The Kier molecular flexibility index (Phi) is 5.62. The molecular weight excluding hydrogens is 481 g/mol. The highest BCUT2D eigenvalue weighted by Crippen LogP contribution is 2.33. The number of esters is 1. The lowest BCUT2D eigenvalue weighted by atomic mass is 10.1. The first-order valence-electron chi connectivity index (χ1n) is 6.29. The summed E-state index contributed by atoms with van der Waals surface area (Å²) in [4.78, 5) is 25.4. The van der Waals surface area contributed by atoms with Crippen LogP contribution in [0, 0.1) is 17.4 Å². The van der Waals surface area contributed by atoms with Gasteiger partial charge in [-0.25, -0.2) is 4.79 Å². The summed E-state index contributed by atoms with van der Waals surface area (Å²) in [6.45, 7) is 3.75. The van der Waals surface area contributed by atoms with Crippen molar-refractivity contribution in [2.45, 2.75) is 13.8 Å². The van der Waals surface area contributed by atoms with Gasteiger partial charge in [0, 0.05) is 12.9 Å². The van der Waals surface area contributed by atoms with E-state index in [0.29, 0.717) is 16.1 Å². The first-order chi connectivity index (χ1) is 10.3. The second-order valence-corrected chi connectivity index (χ2v) is 7.86. The number of amides is 1. The van der Waals surface area contributed by atoms with Crippen molar-refractivity contribution in [1.29, 1.82) is 0 Å². The number of hydrogen-bond acceptors (Lipinski definition) is 4. The SMILES string of the molecule is COC(=O)c1c(NC(=O)c2cc(Br)ccc2I)sc(C)c1C. The maximum Gasteiger partial charge on any atom is 0.341 e. The van der Waals surface area contributed by atoms with E-state index in [-0.39, 0.29) is 5.91 Å². The first kappa shape index (κ1) is 17.4. The number of anilines is 1. The number of carbonyl (C=O) groups excluding carboxylic acids is 2. The quantitative estimate of drug-likeness (QED) is 0.495. The summed E-state index contributed by atoms with van der Waals surface area (Å²) in [5.41, 5.74) is 1.80. The molecule has 1 amide bonds. The van der Waals surface area contributed by atoms with Crippen molar-refractivity contribution in [1.82, 2.24) is 0 Å². The second-order valence-electron chi connectivity index (χ2n) is 4.56. The van der Waals surface area contributed by atoms with Gasteiger partial charge in [-0.15, -0.1) is 11.3 Å². The molecule has 1 heterocycles. The normalized spacial score (nSPS) is 10.4. The Bertz CT molecular complexity index is 757. The van der Waals surface area contributed by atoms with Crippen LogP contribution in [0.3, 0.4) is 0 Å². The summed E-state index contributed by atoms with van der Waals surface area (Å²) in [7, 11) is 1.33. The minimum absolute atomic E-state index is 0.253. The molecule has 0 aliphatic rings. The number of nitrogens with one attached hydrogen (secondary N) is 1. The third kappa shape index (κ3) is 3.52. The van der Waals surface area contributed by atoms with Crippen LogP contribution in [0.25, 0.3) is 0 Å². The fraction of sp³-hybridized carbons (Fsp3) is 0.200. The number of halogens is 2. The zero-order valence-corrected chi connectivity index (χ0v) is 16.7. The summed E-state index contributed by atoms with van der Waals surface area (Å²) in [6.07, 6.45) is 0. The number of hydrogen-bond donors (Lipinski definition) is 1. The van der Waals surface area contributed by atoms with Gasteiger partial charge in [0.05, 0.1) is 18.2 Å². The Labute approximate surface area is 154 Å². The van der Waals surface area contributed by atoms with E-state index in [1.165, 1.54) is 18.4 Å². The van der Waals surface area contributed by atoms with Crippen LogP contribution in [0.5, 0.6) is 0 Å². The molecule has 0 aliphatic heterocycles. The van der Waals surface area contributed by atoms with E-state index in [2.05, 4.69) is 43.8 Å². The Morgan fingerprint density at radius 2 is 2.00 bits per heavy atom. The van der Waals surface area contributed by atoms with Crippen molar-refractivity contribution < 1.29 is 14.3 Å². The third-order valence-electron chi connectivity index (χ3n) is 3.17. The predicted molar refractivity (Wildman–Crippen MR) is 99.9 cm³/mol. The molecule has 1 aromatic heterocycles. The van der Waals surface area contributed by atoms with E-state index in [0.717, 1.165) is 18.5 Å². The minimum atomic E-state index is -0.443. The van der Waals surface area contributed by atoms with Crippen LogP contribution in [0.1, 0.15) is 31.2 Å². The lowest BCUT2D eigenvalue weighted by Gasteiger charge is -2.08. The van der Waals surface area contributed by atoms with Gasteiger partial charge >= 0.3 is 5.97 Å². The molecule has 0 aliphatic carbocycles. The van der Waals surface area contributed by atoms with Crippen molar-refractivity contribution in [3.8, 4) is 0 Å². The molecule has 0 saturated heterocycles. The second kappa shape index (κ2) is 7.10. The van der Waals surface area contributed by atoms with Gasteiger partial charge in [0.1, 0.15) is 5.00 Å². The fourth-order valence-corrected chi connectivity index (χ4v) is 3.89. The molecule has 7 heteroatoms. The topological polar surface area (TPSA) is 55.4 Å². The Hall–Kier alpha value is -0.930. The zero-order chi connectivity index (χ0) is 16.4. The molecular formula is C15H13BrINO3S. The molecule has 0 atom stereocenters. The first-order valence-corrected chi connectivity index (χ1v) is 8.98. The Morgan fingerprint density at radius 1 is 1.32 bits per heavy atom. The maximum atomic E-state index is 12.5. The van der Waals surface area contributed by atoms with Crippen LogP contribution >= 0.6 is 49.9 Å². The molecule has 1 N–H and O–H groups in total. The van der Waals surface area contributed by atoms with Crippen LogP contribution in [0.15, 0.2) is 22.7 Å². The predicted octanol–water partition coefficient (Wildman–Crippen LogP) is 4.77. The molecule has 4 nitrogen and oxygen atoms in total. The zero-order valence-electron chi connectivity index (χ0n) is 12.1. The van der Waals surface area contributed by atoms with E-state index in [1.807, 2.05) is 26.0 Å². The van der Waals surface area contributed by atoms with Crippen molar-refractivity contribution in [3.05, 3.63) is 47.8 Å². The van der Waals surface area contributed by atoms with Gasteiger partial charge in [-0.2, -0.15) is 0 Å². The standard InChI is InChI=1S/C15H13BrINO3S/c1-7-8(2)22-14(12(7)15(20)21-3)18-13(19)10-6-9(16)4-5-11(10)17/h4-6H,1-3H3,(H,18,19). The number of ether oxygens (including phenoxy) is 1. The number of methoxy groups -OCH3 is 1. The Balaban J connectivity index is 2.39. The molecule has 2 rings (SSSR count). The molecule has 0 unspecified atom stereocenters. The monoisotopic (exact) mass is 493 g/mol. The van der Waals surface area contributed by atoms with Crippen LogP contribution in [-0.2, 0) is 4.74 Å². The van der Waals surface area contributed by atoms with Gasteiger partial charge in [-0.1, -0.05) is 15.9 Å². The molecule has 0 bridgehead atoms. The number of thiophene rings is 1. The third-order valence-corrected chi connectivity index (χ3v) is 5.73. The molecule has 2 aromatic rings. The average Bonchev–Trinajstić information content (AvgIpc) is 2.75. The van der Waals surface area contributed by atoms with Gasteiger partial charge in [0.2, 0.25) is 0 Å². The molecule has 0 saturated carbocycles. The van der Waals surface area contributed by atoms with Crippen LogP contribution in [-0.4, -0.2) is 19.0 Å². The van der Waals surface area contributed by atoms with Crippen LogP contribution in [0.4, 0.5) is 5.00 Å². The molecule has 116 valence electrons. The van der Waals surface area contributed by atoms with Crippen molar-refractivity contribution in [2.75, 3.05) is 12.4 Å². The lowest BCUT2D eigenvalue weighted by Crippen LogP contribution is -2.15. The minimum Gasteiger partial charge on any atom is -0.465 e. The largest absolute Gasteiger partial charge is 0.465 e. The van der Waals surface area contributed by atoms with Gasteiger partial charge in [0.15, 0.2) is 0 Å². The summed E-state index contributed by atoms with van der Waals surface area (Å²) < 4.78 is 6.47. The number of benzene rings is 1. The number of rotatable bonds is 3. The number of carbonyl (C=O) groups is 2. The Morgan fingerprint density at radius 3 is 2.64 bits per heavy atom. The summed E-state index contributed by atoms with van der Waals surface area (Å²) in [5, 5.41) is 3.34. The van der Waals surface area contributed by atoms with E-state index in [4.69, 9.17) is 4.74 Å². The van der Waals surface area contributed by atoms with Gasteiger partial charge in [-0.3, -0.25) is 4.79 Å². The average molecular weight is 494 g/mol. The highest BCUT2D eigenvalue weighted by Gasteiger charge is 2.22. The molecule has 0 spiro atoms. The van der Waals surface area contributed by atoms with Gasteiger partial charge < -0.3 is 10.1 Å². The fourth-order valence-electron chi connectivity index (χ4n) is 1.90. The highest BCUT2D eigenvalue weighted by atomic mass is 127. The summed E-state index contributed by atoms with van der Waals surface area (Å²) >= 11 is 6.84.